The fourth-order valence-corrected chi connectivity index (χ4v) is 2.13. The van der Waals surface area contributed by atoms with Gasteiger partial charge in [-0.3, -0.25) is 0 Å². The second-order valence-corrected chi connectivity index (χ2v) is 5.05. The lowest BCUT2D eigenvalue weighted by Gasteiger charge is -2.11. The highest BCUT2D eigenvalue weighted by Gasteiger charge is 2.07. The summed E-state index contributed by atoms with van der Waals surface area (Å²) < 4.78 is 0. The zero-order valence-corrected chi connectivity index (χ0v) is 10.2. The van der Waals surface area contributed by atoms with Crippen LogP contribution in [0.3, 0.4) is 0 Å². The molecule has 0 heterocycles. The number of rotatable bonds is 5. The quantitative estimate of drug-likeness (QED) is 0.753. The maximum absolute atomic E-state index is 9.29. The number of halogens is 1. The van der Waals surface area contributed by atoms with E-state index in [1.54, 1.807) is 12.1 Å². The average molecular weight is 227 g/mol. The molecule has 0 saturated carbocycles. The minimum Gasteiger partial charge on any atom is -0.508 e. The SMILES string of the molecule is CC(C)CC(Cl)CCc1cccc(O)c1. The third-order valence-corrected chi connectivity index (χ3v) is 2.78. The second-order valence-electron chi connectivity index (χ2n) is 4.44. The monoisotopic (exact) mass is 226 g/mol. The number of hydrogen-bond donors (Lipinski definition) is 1. The van der Waals surface area contributed by atoms with Gasteiger partial charge in [0.25, 0.3) is 0 Å². The number of hydrogen-bond acceptors (Lipinski definition) is 1. The molecule has 1 aromatic carbocycles. The summed E-state index contributed by atoms with van der Waals surface area (Å²) in [6, 6.07) is 7.39. The van der Waals surface area contributed by atoms with Crippen molar-refractivity contribution < 1.29 is 5.11 Å². The van der Waals surface area contributed by atoms with E-state index in [9.17, 15) is 5.11 Å². The number of benzene rings is 1. The van der Waals surface area contributed by atoms with Crippen LogP contribution in [0, 0.1) is 5.92 Å². The van der Waals surface area contributed by atoms with Gasteiger partial charge in [0, 0.05) is 5.38 Å². The molecule has 0 aliphatic rings. The van der Waals surface area contributed by atoms with Crippen LogP contribution in [-0.2, 0) is 6.42 Å². The van der Waals surface area contributed by atoms with Crippen LogP contribution in [0.2, 0.25) is 0 Å². The van der Waals surface area contributed by atoms with Crippen LogP contribution >= 0.6 is 11.6 Å². The summed E-state index contributed by atoms with van der Waals surface area (Å²) in [5.74, 6) is 0.985. The third kappa shape index (κ3) is 5.08. The summed E-state index contributed by atoms with van der Waals surface area (Å²) >= 11 is 6.20. The van der Waals surface area contributed by atoms with Gasteiger partial charge >= 0.3 is 0 Å². The Balaban J connectivity index is 2.36. The average Bonchev–Trinajstić information content (AvgIpc) is 2.14. The smallest absolute Gasteiger partial charge is 0.115 e. The van der Waals surface area contributed by atoms with E-state index >= 15 is 0 Å². The summed E-state index contributed by atoms with van der Waals surface area (Å²) in [5.41, 5.74) is 1.16. The van der Waals surface area contributed by atoms with Gasteiger partial charge in [0.15, 0.2) is 0 Å². The van der Waals surface area contributed by atoms with E-state index in [0.717, 1.165) is 24.8 Å². The molecule has 0 aliphatic carbocycles. The molecule has 15 heavy (non-hydrogen) atoms. The highest BCUT2D eigenvalue weighted by atomic mass is 35.5. The molecule has 0 fully saturated rings. The Morgan fingerprint density at radius 2 is 2.07 bits per heavy atom. The number of phenolic OH excluding ortho intramolecular Hbond substituents is 1. The van der Waals surface area contributed by atoms with Gasteiger partial charge in [-0.15, -0.1) is 11.6 Å². The van der Waals surface area contributed by atoms with Crippen LogP contribution in [0.4, 0.5) is 0 Å². The van der Waals surface area contributed by atoms with Gasteiger partial charge in [0.1, 0.15) is 5.75 Å². The van der Waals surface area contributed by atoms with Crippen LogP contribution in [0.15, 0.2) is 24.3 Å². The molecule has 0 saturated heterocycles. The van der Waals surface area contributed by atoms with Crippen molar-refractivity contribution in [3.8, 4) is 5.75 Å². The predicted octanol–water partition coefficient (Wildman–Crippen LogP) is 3.98. The molecule has 1 unspecified atom stereocenters. The van der Waals surface area contributed by atoms with E-state index in [4.69, 9.17) is 11.6 Å². The Labute approximate surface area is 97.1 Å². The highest BCUT2D eigenvalue weighted by Crippen LogP contribution is 2.18. The highest BCUT2D eigenvalue weighted by molar-refractivity contribution is 6.20. The Morgan fingerprint density at radius 1 is 1.33 bits per heavy atom. The molecule has 1 rings (SSSR count). The van der Waals surface area contributed by atoms with Crippen molar-refractivity contribution in [3.63, 3.8) is 0 Å². The molecular formula is C13H19ClO. The number of aryl methyl sites for hydroxylation is 1. The van der Waals surface area contributed by atoms with Crippen molar-refractivity contribution in [1.29, 1.82) is 0 Å². The Bertz CT molecular complexity index is 296. The molecule has 0 radical (unpaired) electrons. The zero-order valence-electron chi connectivity index (χ0n) is 9.41. The number of aromatic hydroxyl groups is 1. The number of alkyl halides is 1. The maximum Gasteiger partial charge on any atom is 0.115 e. The first-order valence-electron chi connectivity index (χ1n) is 5.50. The van der Waals surface area contributed by atoms with Gasteiger partial charge in [0.2, 0.25) is 0 Å². The van der Waals surface area contributed by atoms with Crippen molar-refractivity contribution in [1.82, 2.24) is 0 Å². The van der Waals surface area contributed by atoms with E-state index in [0.29, 0.717) is 11.7 Å². The van der Waals surface area contributed by atoms with Gasteiger partial charge in [-0.2, -0.15) is 0 Å². The van der Waals surface area contributed by atoms with Crippen LogP contribution in [0.1, 0.15) is 32.3 Å². The molecule has 0 spiro atoms. The van der Waals surface area contributed by atoms with Crippen molar-refractivity contribution in [3.05, 3.63) is 29.8 Å². The van der Waals surface area contributed by atoms with Gasteiger partial charge in [0.05, 0.1) is 0 Å². The molecule has 1 N–H and O–H groups in total. The molecule has 84 valence electrons. The molecule has 1 aromatic rings. The van der Waals surface area contributed by atoms with Crippen LogP contribution in [0.25, 0.3) is 0 Å². The lowest BCUT2D eigenvalue weighted by atomic mass is 10.0. The molecule has 0 aliphatic heterocycles. The minimum atomic E-state index is 0.243. The molecular weight excluding hydrogens is 208 g/mol. The van der Waals surface area contributed by atoms with Crippen molar-refractivity contribution in [2.24, 2.45) is 5.92 Å². The summed E-state index contributed by atoms with van der Waals surface area (Å²) in [7, 11) is 0. The summed E-state index contributed by atoms with van der Waals surface area (Å²) in [6.45, 7) is 4.37. The fraction of sp³-hybridized carbons (Fsp3) is 0.538. The Hall–Kier alpha value is -0.690. The minimum absolute atomic E-state index is 0.243. The topological polar surface area (TPSA) is 20.2 Å². The first-order chi connectivity index (χ1) is 7.08. The Kier molecular flexibility index (Phi) is 4.97. The van der Waals surface area contributed by atoms with E-state index in [1.165, 1.54) is 0 Å². The molecule has 0 aromatic heterocycles. The first kappa shape index (κ1) is 12.4. The maximum atomic E-state index is 9.29. The van der Waals surface area contributed by atoms with E-state index < -0.39 is 0 Å². The molecule has 0 amide bonds. The lowest BCUT2D eigenvalue weighted by Crippen LogP contribution is -2.04. The number of phenols is 1. The van der Waals surface area contributed by atoms with Crippen LogP contribution in [0.5, 0.6) is 5.75 Å². The van der Waals surface area contributed by atoms with E-state index in [-0.39, 0.29) is 5.38 Å². The summed E-state index contributed by atoms with van der Waals surface area (Å²) in [6.07, 6.45) is 2.97. The van der Waals surface area contributed by atoms with Crippen molar-refractivity contribution in [2.45, 2.75) is 38.5 Å². The van der Waals surface area contributed by atoms with Gasteiger partial charge in [-0.1, -0.05) is 26.0 Å². The molecule has 1 atom stereocenters. The standard InChI is InChI=1S/C13H19ClO/c1-10(2)8-12(14)7-6-11-4-3-5-13(15)9-11/h3-5,9-10,12,15H,6-8H2,1-2H3. The molecule has 1 nitrogen and oxygen atoms in total. The van der Waals surface area contributed by atoms with E-state index in [1.807, 2.05) is 12.1 Å². The van der Waals surface area contributed by atoms with Gasteiger partial charge in [-0.25, -0.2) is 0 Å². The van der Waals surface area contributed by atoms with Crippen molar-refractivity contribution >= 4 is 11.6 Å². The lowest BCUT2D eigenvalue weighted by molar-refractivity contribution is 0.474. The van der Waals surface area contributed by atoms with Crippen LogP contribution in [-0.4, -0.2) is 10.5 Å². The normalized spacial score (nSPS) is 13.1. The molecule has 0 bridgehead atoms. The van der Waals surface area contributed by atoms with Crippen LogP contribution < -0.4 is 0 Å². The van der Waals surface area contributed by atoms with Gasteiger partial charge in [-0.05, 0) is 42.9 Å². The zero-order chi connectivity index (χ0) is 11.3. The Morgan fingerprint density at radius 3 is 2.67 bits per heavy atom. The predicted molar refractivity (Wildman–Crippen MR) is 65.5 cm³/mol. The third-order valence-electron chi connectivity index (χ3n) is 2.38. The van der Waals surface area contributed by atoms with E-state index in [2.05, 4.69) is 13.8 Å². The first-order valence-corrected chi connectivity index (χ1v) is 5.93. The summed E-state index contributed by atoms with van der Waals surface area (Å²) in [5, 5.41) is 9.53. The second kappa shape index (κ2) is 6.02. The largest absolute Gasteiger partial charge is 0.508 e. The molecule has 2 heteroatoms. The van der Waals surface area contributed by atoms with Gasteiger partial charge < -0.3 is 5.11 Å². The fourth-order valence-electron chi connectivity index (χ4n) is 1.66. The summed E-state index contributed by atoms with van der Waals surface area (Å²) in [4.78, 5) is 0. The van der Waals surface area contributed by atoms with Crippen molar-refractivity contribution in [2.75, 3.05) is 0 Å².